The first kappa shape index (κ1) is 16.0. The molecule has 0 N–H and O–H groups in total. The molecule has 1 aromatic carbocycles. The van der Waals surface area contributed by atoms with Crippen LogP contribution < -0.4 is 0 Å². The lowest BCUT2D eigenvalue weighted by molar-refractivity contribution is -0.134. The fourth-order valence-electron chi connectivity index (χ4n) is 3.21. The lowest BCUT2D eigenvalue weighted by Gasteiger charge is -2.26. The minimum atomic E-state index is 0.0405. The Morgan fingerprint density at radius 1 is 1.26 bits per heavy atom. The number of benzene rings is 1. The molecule has 0 bridgehead atoms. The van der Waals surface area contributed by atoms with Crippen molar-refractivity contribution >= 4 is 16.8 Å². The Hall–Kier alpha value is -1.88. The Kier molecular flexibility index (Phi) is 4.15. The molecular formula is C18H25N3O2. The third-order valence-electron chi connectivity index (χ3n) is 4.43. The first-order valence-electron chi connectivity index (χ1n) is 8.18. The van der Waals surface area contributed by atoms with Crippen LogP contribution in [0.15, 0.2) is 18.2 Å². The van der Waals surface area contributed by atoms with Gasteiger partial charge in [-0.2, -0.15) is 5.10 Å². The molecule has 124 valence electrons. The number of hydrogen-bond acceptors (Lipinski definition) is 3. The number of rotatable bonds is 2. The van der Waals surface area contributed by atoms with Gasteiger partial charge in [0.1, 0.15) is 0 Å². The number of aryl methyl sites for hydroxylation is 1. The van der Waals surface area contributed by atoms with Gasteiger partial charge in [-0.3, -0.25) is 9.48 Å². The average Bonchev–Trinajstić information content (AvgIpc) is 2.83. The minimum absolute atomic E-state index is 0.0405. The Bertz CT molecular complexity index is 722. The van der Waals surface area contributed by atoms with E-state index in [1.807, 2.05) is 16.6 Å². The Balaban J connectivity index is 1.95. The summed E-state index contributed by atoms with van der Waals surface area (Å²) in [6, 6.07) is 6.28. The molecule has 3 rings (SSSR count). The highest BCUT2D eigenvalue weighted by Crippen LogP contribution is 2.31. The van der Waals surface area contributed by atoms with E-state index in [0.29, 0.717) is 32.7 Å². The van der Waals surface area contributed by atoms with Crippen molar-refractivity contribution in [3.05, 3.63) is 29.5 Å². The van der Waals surface area contributed by atoms with Gasteiger partial charge in [-0.15, -0.1) is 0 Å². The first-order valence-corrected chi connectivity index (χ1v) is 8.18. The molecule has 5 nitrogen and oxygen atoms in total. The molecule has 0 aliphatic carbocycles. The van der Waals surface area contributed by atoms with Gasteiger partial charge in [0.05, 0.1) is 30.8 Å². The van der Waals surface area contributed by atoms with Gasteiger partial charge in [0.2, 0.25) is 5.91 Å². The number of fused-ring (bicyclic) bond motifs is 1. The Morgan fingerprint density at radius 2 is 1.96 bits per heavy atom. The normalized spacial score (nSPS) is 16.1. The van der Waals surface area contributed by atoms with E-state index in [9.17, 15) is 4.79 Å². The Morgan fingerprint density at radius 3 is 2.61 bits per heavy atom. The summed E-state index contributed by atoms with van der Waals surface area (Å²) in [5.41, 5.74) is 3.30. The van der Waals surface area contributed by atoms with Crippen LogP contribution in [0.5, 0.6) is 0 Å². The van der Waals surface area contributed by atoms with E-state index in [4.69, 9.17) is 4.74 Å². The molecule has 1 fully saturated rings. The standard InChI is InChI=1S/C18H25N3O2/c1-18(2,3)14-7-5-6-13-15(19-20(4)17(13)14)12-16(22)21-8-10-23-11-9-21/h5-7H,8-12H2,1-4H3. The van der Waals surface area contributed by atoms with E-state index in [-0.39, 0.29) is 11.3 Å². The second kappa shape index (κ2) is 5.96. The number of carbonyl (C=O) groups excluding carboxylic acids is 1. The highest BCUT2D eigenvalue weighted by Gasteiger charge is 2.23. The fourth-order valence-corrected chi connectivity index (χ4v) is 3.21. The fraction of sp³-hybridized carbons (Fsp3) is 0.556. The van der Waals surface area contributed by atoms with E-state index < -0.39 is 0 Å². The van der Waals surface area contributed by atoms with E-state index in [1.54, 1.807) is 0 Å². The number of morpholine rings is 1. The number of para-hydroxylation sites is 1. The lowest BCUT2D eigenvalue weighted by atomic mass is 9.85. The average molecular weight is 315 g/mol. The highest BCUT2D eigenvalue weighted by atomic mass is 16.5. The molecular weight excluding hydrogens is 290 g/mol. The molecule has 0 spiro atoms. The molecule has 0 radical (unpaired) electrons. The third kappa shape index (κ3) is 3.11. The predicted molar refractivity (Wildman–Crippen MR) is 90.5 cm³/mol. The van der Waals surface area contributed by atoms with Crippen molar-refractivity contribution in [1.29, 1.82) is 0 Å². The van der Waals surface area contributed by atoms with E-state index in [1.165, 1.54) is 5.56 Å². The number of carbonyl (C=O) groups is 1. The SMILES string of the molecule is Cn1nc(CC(=O)N2CCOCC2)c2cccc(C(C)(C)C)c21. The number of aromatic nitrogens is 2. The van der Waals surface area contributed by atoms with Crippen molar-refractivity contribution in [2.75, 3.05) is 26.3 Å². The van der Waals surface area contributed by atoms with Crippen LogP contribution in [0.4, 0.5) is 0 Å². The van der Waals surface area contributed by atoms with Gasteiger partial charge >= 0.3 is 0 Å². The van der Waals surface area contributed by atoms with Gasteiger partial charge in [0.15, 0.2) is 0 Å². The van der Waals surface area contributed by atoms with Crippen LogP contribution >= 0.6 is 0 Å². The van der Waals surface area contributed by atoms with Gasteiger partial charge in [-0.25, -0.2) is 0 Å². The molecule has 0 unspecified atom stereocenters. The van der Waals surface area contributed by atoms with Crippen LogP contribution in [0, 0.1) is 0 Å². The van der Waals surface area contributed by atoms with Gasteiger partial charge in [0, 0.05) is 25.5 Å². The van der Waals surface area contributed by atoms with Crippen LogP contribution in [0.2, 0.25) is 0 Å². The van der Waals surface area contributed by atoms with Crippen molar-refractivity contribution in [1.82, 2.24) is 14.7 Å². The summed E-state index contributed by atoms with van der Waals surface area (Å²) in [5.74, 6) is 0.134. The van der Waals surface area contributed by atoms with Gasteiger partial charge in [-0.05, 0) is 11.0 Å². The molecule has 2 heterocycles. The maximum absolute atomic E-state index is 12.5. The Labute approximate surface area is 137 Å². The topological polar surface area (TPSA) is 47.4 Å². The summed E-state index contributed by atoms with van der Waals surface area (Å²) >= 11 is 0. The third-order valence-corrected chi connectivity index (χ3v) is 4.43. The maximum Gasteiger partial charge on any atom is 0.228 e. The summed E-state index contributed by atoms with van der Waals surface area (Å²) in [5, 5.41) is 5.72. The quantitative estimate of drug-likeness (QED) is 0.854. The zero-order valence-corrected chi connectivity index (χ0v) is 14.4. The monoisotopic (exact) mass is 315 g/mol. The van der Waals surface area contributed by atoms with Gasteiger partial charge in [0.25, 0.3) is 0 Å². The highest BCUT2D eigenvalue weighted by molar-refractivity contribution is 5.90. The molecule has 5 heteroatoms. The second-order valence-corrected chi connectivity index (χ2v) is 7.19. The van der Waals surface area contributed by atoms with Crippen molar-refractivity contribution in [3.8, 4) is 0 Å². The van der Waals surface area contributed by atoms with Crippen molar-refractivity contribution in [2.24, 2.45) is 7.05 Å². The van der Waals surface area contributed by atoms with Crippen LogP contribution in [-0.2, 0) is 28.4 Å². The molecule has 2 aromatic rings. The van der Waals surface area contributed by atoms with E-state index in [0.717, 1.165) is 16.6 Å². The summed E-state index contributed by atoms with van der Waals surface area (Å²) in [7, 11) is 1.96. The van der Waals surface area contributed by atoms with Crippen molar-refractivity contribution in [2.45, 2.75) is 32.6 Å². The number of amides is 1. The largest absolute Gasteiger partial charge is 0.378 e. The van der Waals surface area contributed by atoms with Crippen LogP contribution in [0.3, 0.4) is 0 Å². The molecule has 0 saturated carbocycles. The van der Waals surface area contributed by atoms with Crippen LogP contribution in [0.1, 0.15) is 32.0 Å². The summed E-state index contributed by atoms with van der Waals surface area (Å²) < 4.78 is 7.23. The first-order chi connectivity index (χ1) is 10.9. The minimum Gasteiger partial charge on any atom is -0.378 e. The number of nitrogens with zero attached hydrogens (tertiary/aromatic N) is 3. The maximum atomic E-state index is 12.5. The molecule has 1 saturated heterocycles. The van der Waals surface area contributed by atoms with E-state index in [2.05, 4.69) is 44.1 Å². The second-order valence-electron chi connectivity index (χ2n) is 7.19. The number of ether oxygens (including phenoxy) is 1. The molecule has 0 atom stereocenters. The van der Waals surface area contributed by atoms with E-state index >= 15 is 0 Å². The van der Waals surface area contributed by atoms with Crippen molar-refractivity contribution in [3.63, 3.8) is 0 Å². The molecule has 1 aliphatic heterocycles. The summed E-state index contributed by atoms with van der Waals surface area (Å²) in [4.78, 5) is 14.4. The molecule has 1 aromatic heterocycles. The lowest BCUT2D eigenvalue weighted by Crippen LogP contribution is -2.41. The smallest absolute Gasteiger partial charge is 0.228 e. The van der Waals surface area contributed by atoms with Gasteiger partial charge in [-0.1, -0.05) is 39.0 Å². The molecule has 23 heavy (non-hydrogen) atoms. The van der Waals surface area contributed by atoms with Crippen LogP contribution in [0.25, 0.3) is 10.9 Å². The molecule has 1 aliphatic rings. The van der Waals surface area contributed by atoms with Crippen molar-refractivity contribution < 1.29 is 9.53 Å². The summed E-state index contributed by atoms with van der Waals surface area (Å²) in [6.45, 7) is 9.22. The predicted octanol–water partition coefficient (Wildman–Crippen LogP) is 2.27. The number of hydrogen-bond donors (Lipinski definition) is 0. The molecule has 1 amide bonds. The zero-order chi connectivity index (χ0) is 16.6. The summed E-state index contributed by atoms with van der Waals surface area (Å²) in [6.07, 6.45) is 0.352. The van der Waals surface area contributed by atoms with Crippen LogP contribution in [-0.4, -0.2) is 46.9 Å². The van der Waals surface area contributed by atoms with Gasteiger partial charge < -0.3 is 9.64 Å². The zero-order valence-electron chi connectivity index (χ0n) is 14.4.